The number of anilines is 1. The summed E-state index contributed by atoms with van der Waals surface area (Å²) >= 11 is 0. The van der Waals surface area contributed by atoms with E-state index >= 15 is 0 Å². The van der Waals surface area contributed by atoms with Crippen LogP contribution in [0.15, 0.2) is 42.5 Å². The number of methoxy groups -OCH3 is 1. The van der Waals surface area contributed by atoms with Crippen molar-refractivity contribution in [2.75, 3.05) is 38.7 Å². The number of rotatable bonds is 7. The van der Waals surface area contributed by atoms with E-state index in [2.05, 4.69) is 24.1 Å². The number of ether oxygens (including phenoxy) is 3. The monoisotopic (exact) mass is 422 g/mol. The van der Waals surface area contributed by atoms with Crippen molar-refractivity contribution < 1.29 is 19.0 Å². The van der Waals surface area contributed by atoms with Crippen LogP contribution in [-0.4, -0.2) is 56.4 Å². The third-order valence-electron chi connectivity index (χ3n) is 5.58. The molecule has 0 saturated carbocycles. The molecule has 0 aliphatic carbocycles. The fraction of sp³-hybridized carbons (Fsp3) is 0.400. The Balaban J connectivity index is 1.38. The van der Waals surface area contributed by atoms with Crippen molar-refractivity contribution in [2.45, 2.75) is 32.5 Å². The maximum atomic E-state index is 12.4. The molecular formula is C25H30N2O4. The lowest BCUT2D eigenvalue weighted by molar-refractivity contribution is -0.110. The van der Waals surface area contributed by atoms with E-state index in [-0.39, 0.29) is 18.1 Å². The van der Waals surface area contributed by atoms with Crippen molar-refractivity contribution >= 4 is 23.2 Å². The van der Waals surface area contributed by atoms with E-state index in [1.54, 1.807) is 7.11 Å². The predicted molar refractivity (Wildman–Crippen MR) is 122 cm³/mol. The van der Waals surface area contributed by atoms with E-state index < -0.39 is 0 Å². The molecule has 4 rings (SSSR count). The molecule has 0 radical (unpaired) electrons. The molecule has 2 aromatic carbocycles. The number of benzene rings is 2. The zero-order valence-corrected chi connectivity index (χ0v) is 18.4. The summed E-state index contributed by atoms with van der Waals surface area (Å²) in [5, 5.41) is 2.90. The van der Waals surface area contributed by atoms with Crippen LogP contribution in [0.4, 0.5) is 5.69 Å². The number of nitrogens with one attached hydrogen (secondary N) is 1. The summed E-state index contributed by atoms with van der Waals surface area (Å²) in [4.78, 5) is 14.8. The highest BCUT2D eigenvalue weighted by molar-refractivity contribution is 6.34. The van der Waals surface area contributed by atoms with Gasteiger partial charge in [0.2, 0.25) is 0 Å². The second-order valence-electron chi connectivity index (χ2n) is 8.19. The molecule has 1 fully saturated rings. The van der Waals surface area contributed by atoms with Gasteiger partial charge in [0.1, 0.15) is 0 Å². The van der Waals surface area contributed by atoms with Crippen molar-refractivity contribution in [2.24, 2.45) is 0 Å². The fourth-order valence-corrected chi connectivity index (χ4v) is 4.28. The van der Waals surface area contributed by atoms with Crippen molar-refractivity contribution in [3.63, 3.8) is 0 Å². The molecule has 1 N–H and O–H groups in total. The Morgan fingerprint density at radius 3 is 2.68 bits per heavy atom. The highest BCUT2D eigenvalue weighted by atomic mass is 16.5. The molecule has 0 aromatic heterocycles. The van der Waals surface area contributed by atoms with Gasteiger partial charge in [0.05, 0.1) is 25.9 Å². The fourth-order valence-electron chi connectivity index (χ4n) is 4.28. The first-order chi connectivity index (χ1) is 15.0. The van der Waals surface area contributed by atoms with Gasteiger partial charge in [-0.3, -0.25) is 9.69 Å². The van der Waals surface area contributed by atoms with Gasteiger partial charge in [-0.05, 0) is 50.1 Å². The summed E-state index contributed by atoms with van der Waals surface area (Å²) in [7, 11) is 1.63. The van der Waals surface area contributed by atoms with Crippen molar-refractivity contribution in [3.05, 3.63) is 53.6 Å². The Bertz CT molecular complexity index is 962. The topological polar surface area (TPSA) is 60.0 Å². The van der Waals surface area contributed by atoms with Gasteiger partial charge < -0.3 is 19.5 Å². The Labute approximate surface area is 183 Å². The summed E-state index contributed by atoms with van der Waals surface area (Å²) < 4.78 is 17.3. The molecule has 1 amide bonds. The summed E-state index contributed by atoms with van der Waals surface area (Å²) in [6, 6.07) is 13.5. The summed E-state index contributed by atoms with van der Waals surface area (Å²) in [5.41, 5.74) is 3.30. The first-order valence-electron chi connectivity index (χ1n) is 10.8. The third-order valence-corrected chi connectivity index (χ3v) is 5.58. The summed E-state index contributed by atoms with van der Waals surface area (Å²) in [6.45, 7) is 7.77. The van der Waals surface area contributed by atoms with Crippen molar-refractivity contribution in [1.82, 2.24) is 4.90 Å². The molecule has 2 aliphatic heterocycles. The summed E-state index contributed by atoms with van der Waals surface area (Å²) in [5.74, 6) is 1.28. The number of fused-ring (bicyclic) bond motifs is 1. The molecule has 164 valence electrons. The van der Waals surface area contributed by atoms with Gasteiger partial charge in [-0.15, -0.1) is 0 Å². The van der Waals surface area contributed by atoms with Crippen molar-refractivity contribution in [3.8, 4) is 11.5 Å². The van der Waals surface area contributed by atoms with Gasteiger partial charge in [-0.1, -0.05) is 24.3 Å². The Kier molecular flexibility index (Phi) is 6.59. The van der Waals surface area contributed by atoms with E-state index in [9.17, 15) is 4.79 Å². The molecule has 6 heteroatoms. The quantitative estimate of drug-likeness (QED) is 0.539. The molecule has 0 bridgehead atoms. The predicted octanol–water partition coefficient (Wildman–Crippen LogP) is 4.07. The first-order valence-corrected chi connectivity index (χ1v) is 10.8. The highest BCUT2D eigenvalue weighted by Crippen LogP contribution is 2.34. The molecular weight excluding hydrogens is 392 g/mol. The largest absolute Gasteiger partial charge is 0.493 e. The molecule has 2 heterocycles. The zero-order chi connectivity index (χ0) is 21.8. The average molecular weight is 423 g/mol. The van der Waals surface area contributed by atoms with Crippen LogP contribution in [-0.2, 0) is 9.53 Å². The third kappa shape index (κ3) is 5.09. The molecule has 6 nitrogen and oxygen atoms in total. The molecule has 2 unspecified atom stereocenters. The van der Waals surface area contributed by atoms with Crippen LogP contribution < -0.4 is 14.8 Å². The van der Waals surface area contributed by atoms with Crippen LogP contribution in [0, 0.1) is 0 Å². The molecule has 2 aliphatic rings. The van der Waals surface area contributed by atoms with Crippen LogP contribution in [0.5, 0.6) is 11.5 Å². The second kappa shape index (κ2) is 9.54. The zero-order valence-electron chi connectivity index (χ0n) is 18.4. The number of hydrogen-bond donors (Lipinski definition) is 1. The Morgan fingerprint density at radius 1 is 1.13 bits per heavy atom. The van der Waals surface area contributed by atoms with Crippen LogP contribution in [0.3, 0.4) is 0 Å². The van der Waals surface area contributed by atoms with Gasteiger partial charge in [0.15, 0.2) is 11.5 Å². The lowest BCUT2D eigenvalue weighted by atomic mass is 10.0. The number of hydrogen-bond acceptors (Lipinski definition) is 5. The van der Waals surface area contributed by atoms with Crippen LogP contribution >= 0.6 is 0 Å². The van der Waals surface area contributed by atoms with Gasteiger partial charge in [0.25, 0.3) is 5.91 Å². The van der Waals surface area contributed by atoms with E-state index in [0.717, 1.165) is 42.9 Å². The molecule has 1 saturated heterocycles. The molecule has 2 atom stereocenters. The molecule has 31 heavy (non-hydrogen) atoms. The maximum Gasteiger partial charge on any atom is 0.256 e. The van der Waals surface area contributed by atoms with E-state index in [0.29, 0.717) is 23.7 Å². The van der Waals surface area contributed by atoms with Gasteiger partial charge >= 0.3 is 0 Å². The highest BCUT2D eigenvalue weighted by Gasteiger charge is 2.24. The normalized spacial score (nSPS) is 22.3. The summed E-state index contributed by atoms with van der Waals surface area (Å²) in [6.07, 6.45) is 3.38. The minimum absolute atomic E-state index is 0.0905. The average Bonchev–Trinajstić information content (AvgIpc) is 3.06. The van der Waals surface area contributed by atoms with E-state index in [4.69, 9.17) is 14.2 Å². The lowest BCUT2D eigenvalue weighted by Crippen LogP contribution is -2.45. The first kappa shape index (κ1) is 21.4. The van der Waals surface area contributed by atoms with Crippen LogP contribution in [0.25, 0.3) is 11.6 Å². The SMILES string of the molecule is COc1cc(/C=C2\C(=O)Nc3ccccc32)ccc1OCCCN1CC(C)OC(C)C1. The number of para-hydroxylation sites is 1. The minimum Gasteiger partial charge on any atom is -0.493 e. The van der Waals surface area contributed by atoms with Gasteiger partial charge in [0, 0.05) is 36.5 Å². The number of nitrogens with zero attached hydrogens (tertiary/aromatic N) is 1. The maximum absolute atomic E-state index is 12.4. The number of morpholine rings is 1. The second-order valence-corrected chi connectivity index (χ2v) is 8.19. The number of amides is 1. The van der Waals surface area contributed by atoms with Gasteiger partial charge in [-0.25, -0.2) is 0 Å². The smallest absolute Gasteiger partial charge is 0.256 e. The van der Waals surface area contributed by atoms with Crippen LogP contribution in [0.1, 0.15) is 31.4 Å². The Hall–Kier alpha value is -2.83. The van der Waals surface area contributed by atoms with Crippen molar-refractivity contribution in [1.29, 1.82) is 0 Å². The van der Waals surface area contributed by atoms with Gasteiger partial charge in [-0.2, -0.15) is 0 Å². The Morgan fingerprint density at radius 2 is 1.90 bits per heavy atom. The number of carbonyl (C=O) groups excluding carboxylic acids is 1. The number of carbonyl (C=O) groups is 1. The molecule has 0 spiro atoms. The lowest BCUT2D eigenvalue weighted by Gasteiger charge is -2.35. The standard InChI is InChI=1S/C25H30N2O4/c1-17-15-27(16-18(2)31-17)11-6-12-30-23-10-9-19(14-24(23)29-3)13-21-20-7-4-5-8-22(20)26-25(21)28/h4-5,7-10,13-14,17-18H,6,11-12,15-16H2,1-3H3,(H,26,28)/b21-13-. The van der Waals surface area contributed by atoms with E-state index in [1.165, 1.54) is 0 Å². The minimum atomic E-state index is -0.0905. The van der Waals surface area contributed by atoms with Crippen LogP contribution in [0.2, 0.25) is 0 Å². The molecule has 2 aromatic rings. The van der Waals surface area contributed by atoms with E-state index in [1.807, 2.05) is 48.5 Å².